The van der Waals surface area contributed by atoms with Gasteiger partial charge in [0.15, 0.2) is 0 Å². The van der Waals surface area contributed by atoms with Gasteiger partial charge in [-0.25, -0.2) is 9.97 Å². The number of aromatic amines is 2. The first-order valence-electron chi connectivity index (χ1n) is 4.12. The first-order chi connectivity index (χ1) is 6.36. The molecule has 4 heteroatoms. The normalized spacial score (nSPS) is 11.5. The molecule has 2 N–H and O–H groups in total. The minimum absolute atomic E-state index is 0.900. The van der Waals surface area contributed by atoms with Crippen LogP contribution in [0.25, 0.3) is 22.1 Å². The van der Waals surface area contributed by atoms with Crippen LogP contribution in [0.3, 0.4) is 0 Å². The fourth-order valence-electron chi connectivity index (χ4n) is 1.64. The molecule has 0 aliphatic carbocycles. The predicted molar refractivity (Wildman–Crippen MR) is 50.5 cm³/mol. The van der Waals surface area contributed by atoms with Crippen LogP contribution in [0.1, 0.15) is 5.56 Å². The lowest BCUT2D eigenvalue weighted by atomic mass is 10.2. The largest absolute Gasteiger partial charge is 0.346 e. The quantitative estimate of drug-likeness (QED) is 0.542. The Morgan fingerprint density at radius 3 is 3.08 bits per heavy atom. The Morgan fingerprint density at radius 1 is 1.23 bits per heavy atom. The highest BCUT2D eigenvalue weighted by Crippen LogP contribution is 2.22. The van der Waals surface area contributed by atoms with Crippen LogP contribution in [0.2, 0.25) is 0 Å². The molecule has 0 radical (unpaired) electrons. The molecule has 0 saturated heterocycles. The number of rotatable bonds is 0. The summed E-state index contributed by atoms with van der Waals surface area (Å²) in [4.78, 5) is 14.7. The minimum Gasteiger partial charge on any atom is -0.346 e. The van der Waals surface area contributed by atoms with Crippen LogP contribution in [-0.4, -0.2) is 19.9 Å². The zero-order valence-electron chi connectivity index (χ0n) is 7.13. The number of hydrogen-bond donors (Lipinski definition) is 2. The van der Waals surface area contributed by atoms with Crippen LogP contribution >= 0.6 is 0 Å². The molecule has 13 heavy (non-hydrogen) atoms. The Kier molecular flexibility index (Phi) is 1.07. The molecule has 4 nitrogen and oxygen atoms in total. The Morgan fingerprint density at radius 2 is 2.15 bits per heavy atom. The van der Waals surface area contributed by atoms with E-state index in [9.17, 15) is 0 Å². The van der Waals surface area contributed by atoms with Crippen molar-refractivity contribution in [1.82, 2.24) is 19.9 Å². The summed E-state index contributed by atoms with van der Waals surface area (Å²) < 4.78 is 0. The zero-order chi connectivity index (χ0) is 8.84. The van der Waals surface area contributed by atoms with Gasteiger partial charge < -0.3 is 9.97 Å². The Bertz CT molecular complexity index is 575. The topological polar surface area (TPSA) is 57.4 Å². The van der Waals surface area contributed by atoms with Gasteiger partial charge in [0.05, 0.1) is 18.0 Å². The van der Waals surface area contributed by atoms with Gasteiger partial charge in [-0.2, -0.15) is 0 Å². The maximum atomic E-state index is 4.28. The lowest BCUT2D eigenvalue weighted by molar-refractivity contribution is 1.31. The van der Waals surface area contributed by atoms with E-state index in [-0.39, 0.29) is 0 Å². The van der Waals surface area contributed by atoms with E-state index >= 15 is 0 Å². The third-order valence-corrected chi connectivity index (χ3v) is 2.28. The summed E-state index contributed by atoms with van der Waals surface area (Å²) in [6.07, 6.45) is 5.44. The van der Waals surface area contributed by atoms with Gasteiger partial charge in [0.25, 0.3) is 0 Å². The molecule has 0 spiro atoms. The average Bonchev–Trinajstić information content (AvgIpc) is 2.70. The van der Waals surface area contributed by atoms with Crippen molar-refractivity contribution in [2.24, 2.45) is 0 Å². The molecule has 0 aromatic carbocycles. The molecular weight excluding hydrogens is 164 g/mol. The van der Waals surface area contributed by atoms with Crippen molar-refractivity contribution in [2.75, 3.05) is 0 Å². The second-order valence-corrected chi connectivity index (χ2v) is 3.12. The second kappa shape index (κ2) is 2.10. The third-order valence-electron chi connectivity index (χ3n) is 2.28. The molecule has 0 saturated carbocycles. The number of nitrogens with one attached hydrogen (secondary N) is 2. The lowest BCUT2D eigenvalue weighted by Crippen LogP contribution is -1.78. The highest BCUT2D eigenvalue weighted by Gasteiger charge is 2.06. The number of imidazole rings is 1. The highest BCUT2D eigenvalue weighted by molar-refractivity contribution is 6.02. The molecule has 0 amide bonds. The first-order valence-corrected chi connectivity index (χ1v) is 4.12. The molecule has 3 aromatic heterocycles. The molecule has 3 heterocycles. The summed E-state index contributed by atoms with van der Waals surface area (Å²) in [6, 6.07) is 0. The van der Waals surface area contributed by atoms with Crippen molar-refractivity contribution >= 4 is 22.1 Å². The molecule has 0 bridgehead atoms. The summed E-state index contributed by atoms with van der Waals surface area (Å²) in [6.45, 7) is 2.05. The molecule has 0 atom stereocenters. The van der Waals surface area contributed by atoms with E-state index in [1.54, 1.807) is 12.5 Å². The number of hydrogen-bond acceptors (Lipinski definition) is 2. The first kappa shape index (κ1) is 6.65. The lowest BCUT2D eigenvalue weighted by Gasteiger charge is -1.91. The summed E-state index contributed by atoms with van der Waals surface area (Å²) in [7, 11) is 0. The minimum atomic E-state index is 0.900. The van der Waals surface area contributed by atoms with E-state index in [0.717, 1.165) is 22.1 Å². The van der Waals surface area contributed by atoms with Crippen LogP contribution in [-0.2, 0) is 0 Å². The maximum absolute atomic E-state index is 4.28. The molecule has 64 valence electrons. The van der Waals surface area contributed by atoms with Crippen molar-refractivity contribution in [2.45, 2.75) is 6.92 Å². The SMILES string of the molecule is Cc1c[nH]c2ncc3[nH]cnc3c12. The standard InChI is InChI=1S/C9H8N4/c1-5-2-10-9-7(5)8-6(3-11-9)12-4-13-8/h2-4H,1H3,(H,10,11)(H,12,13). The van der Waals surface area contributed by atoms with Crippen molar-refractivity contribution < 1.29 is 0 Å². The van der Waals surface area contributed by atoms with Gasteiger partial charge in [-0.1, -0.05) is 0 Å². The fraction of sp³-hybridized carbons (Fsp3) is 0.111. The predicted octanol–water partition coefficient (Wildman–Crippen LogP) is 1.75. The number of aryl methyl sites for hydroxylation is 1. The van der Waals surface area contributed by atoms with E-state index < -0.39 is 0 Å². The molecule has 0 fully saturated rings. The summed E-state index contributed by atoms with van der Waals surface area (Å²) in [5.41, 5.74) is 4.05. The van der Waals surface area contributed by atoms with Crippen molar-refractivity contribution in [3.8, 4) is 0 Å². The van der Waals surface area contributed by atoms with Gasteiger partial charge in [0, 0.05) is 11.6 Å². The van der Waals surface area contributed by atoms with Crippen molar-refractivity contribution in [3.05, 3.63) is 24.3 Å². The van der Waals surface area contributed by atoms with Crippen LogP contribution in [0, 0.1) is 6.92 Å². The van der Waals surface area contributed by atoms with E-state index in [2.05, 4.69) is 26.9 Å². The Labute approximate surface area is 74.0 Å². The van der Waals surface area contributed by atoms with Gasteiger partial charge in [0.1, 0.15) is 11.2 Å². The molecule has 3 aromatic rings. The average molecular weight is 172 g/mol. The zero-order valence-corrected chi connectivity index (χ0v) is 7.13. The summed E-state index contributed by atoms with van der Waals surface area (Å²) in [5.74, 6) is 0. The van der Waals surface area contributed by atoms with Crippen LogP contribution in [0.15, 0.2) is 18.7 Å². The van der Waals surface area contributed by atoms with Crippen LogP contribution in [0.4, 0.5) is 0 Å². The number of pyridine rings is 1. The van der Waals surface area contributed by atoms with Gasteiger partial charge in [-0.15, -0.1) is 0 Å². The van der Waals surface area contributed by atoms with E-state index in [4.69, 9.17) is 0 Å². The van der Waals surface area contributed by atoms with E-state index in [0.29, 0.717) is 0 Å². The Hall–Kier alpha value is -1.84. The summed E-state index contributed by atoms with van der Waals surface area (Å²) in [5, 5.41) is 1.11. The second-order valence-electron chi connectivity index (χ2n) is 3.12. The van der Waals surface area contributed by atoms with Crippen LogP contribution in [0.5, 0.6) is 0 Å². The van der Waals surface area contributed by atoms with Gasteiger partial charge >= 0.3 is 0 Å². The van der Waals surface area contributed by atoms with E-state index in [1.807, 2.05) is 6.20 Å². The monoisotopic (exact) mass is 172 g/mol. The number of nitrogens with zero attached hydrogens (tertiary/aromatic N) is 2. The molecule has 0 aliphatic rings. The molecule has 0 unspecified atom stereocenters. The highest BCUT2D eigenvalue weighted by atomic mass is 14.9. The molecular formula is C9H8N4. The van der Waals surface area contributed by atoms with Crippen molar-refractivity contribution in [3.63, 3.8) is 0 Å². The van der Waals surface area contributed by atoms with Gasteiger partial charge in [-0.05, 0) is 12.5 Å². The maximum Gasteiger partial charge on any atom is 0.139 e. The smallest absolute Gasteiger partial charge is 0.139 e. The summed E-state index contributed by atoms with van der Waals surface area (Å²) >= 11 is 0. The number of aromatic nitrogens is 4. The number of fused-ring (bicyclic) bond motifs is 3. The number of H-pyrrole nitrogens is 2. The molecule has 0 aliphatic heterocycles. The Balaban J connectivity index is 2.70. The molecule has 3 rings (SSSR count). The van der Waals surface area contributed by atoms with Crippen LogP contribution < -0.4 is 0 Å². The van der Waals surface area contributed by atoms with Crippen molar-refractivity contribution in [1.29, 1.82) is 0 Å². The fourth-order valence-corrected chi connectivity index (χ4v) is 1.64. The van der Waals surface area contributed by atoms with E-state index in [1.165, 1.54) is 5.56 Å². The van der Waals surface area contributed by atoms with Gasteiger partial charge in [-0.3, -0.25) is 0 Å². The third kappa shape index (κ3) is 0.744. The van der Waals surface area contributed by atoms with Gasteiger partial charge in [0.2, 0.25) is 0 Å².